The summed E-state index contributed by atoms with van der Waals surface area (Å²) < 4.78 is 0. The molecule has 1 aromatic carbocycles. The van der Waals surface area contributed by atoms with Crippen LogP contribution in [0, 0.1) is 6.92 Å². The van der Waals surface area contributed by atoms with Crippen molar-refractivity contribution in [2.24, 2.45) is 0 Å². The smallest absolute Gasteiger partial charge is 0.345 e. The molecule has 2 rings (SSSR count). The van der Waals surface area contributed by atoms with Crippen molar-refractivity contribution in [1.82, 2.24) is 0 Å². The Balaban J connectivity index is 2.19. The van der Waals surface area contributed by atoms with Gasteiger partial charge in [-0.2, -0.15) is 0 Å². The van der Waals surface area contributed by atoms with E-state index >= 15 is 0 Å². The van der Waals surface area contributed by atoms with Gasteiger partial charge >= 0.3 is 5.97 Å². The molecule has 3 nitrogen and oxygen atoms in total. The molecule has 100 valence electrons. The van der Waals surface area contributed by atoms with Gasteiger partial charge in [-0.25, -0.2) is 4.79 Å². The van der Waals surface area contributed by atoms with E-state index in [2.05, 4.69) is 30.9 Å². The van der Waals surface area contributed by atoms with Crippen LogP contribution in [0.1, 0.15) is 27.0 Å². The van der Waals surface area contributed by atoms with Crippen molar-refractivity contribution in [3.05, 3.63) is 51.7 Å². The summed E-state index contributed by atoms with van der Waals surface area (Å²) in [5.41, 5.74) is 2.44. The van der Waals surface area contributed by atoms with Gasteiger partial charge in [0.25, 0.3) is 0 Å². The van der Waals surface area contributed by atoms with E-state index in [0.717, 1.165) is 18.0 Å². The Morgan fingerprint density at radius 1 is 1.26 bits per heavy atom. The van der Waals surface area contributed by atoms with Crippen LogP contribution in [0.25, 0.3) is 0 Å². The second-order valence-corrected chi connectivity index (χ2v) is 5.54. The van der Waals surface area contributed by atoms with Crippen molar-refractivity contribution in [3.8, 4) is 0 Å². The summed E-state index contributed by atoms with van der Waals surface area (Å²) in [7, 11) is 0. The molecule has 0 aliphatic rings. The van der Waals surface area contributed by atoms with Crippen molar-refractivity contribution in [3.63, 3.8) is 0 Å². The van der Waals surface area contributed by atoms with Gasteiger partial charge in [0.15, 0.2) is 0 Å². The van der Waals surface area contributed by atoms with Gasteiger partial charge in [0.2, 0.25) is 0 Å². The Kier molecular flexibility index (Phi) is 4.22. The lowest BCUT2D eigenvalue weighted by Crippen LogP contribution is -2.22. The predicted molar refractivity (Wildman–Crippen MR) is 79.2 cm³/mol. The number of thiophene rings is 1. The third kappa shape index (κ3) is 3.15. The largest absolute Gasteiger partial charge is 0.477 e. The second kappa shape index (κ2) is 5.89. The molecule has 0 bridgehead atoms. The van der Waals surface area contributed by atoms with E-state index in [9.17, 15) is 4.79 Å². The minimum Gasteiger partial charge on any atom is -0.477 e. The summed E-state index contributed by atoms with van der Waals surface area (Å²) in [5.74, 6) is -0.852. The SMILES string of the molecule is CCN(Cc1ccc(C(=O)O)s1)c1ccccc1C. The molecule has 0 amide bonds. The molecule has 0 unspecified atom stereocenters. The van der Waals surface area contributed by atoms with E-state index in [4.69, 9.17) is 5.11 Å². The average Bonchev–Trinajstić information content (AvgIpc) is 2.86. The highest BCUT2D eigenvalue weighted by Crippen LogP contribution is 2.24. The average molecular weight is 275 g/mol. The number of hydrogen-bond donors (Lipinski definition) is 1. The van der Waals surface area contributed by atoms with Gasteiger partial charge in [-0.15, -0.1) is 11.3 Å². The van der Waals surface area contributed by atoms with E-state index in [1.54, 1.807) is 6.07 Å². The van der Waals surface area contributed by atoms with Gasteiger partial charge in [0, 0.05) is 17.1 Å². The van der Waals surface area contributed by atoms with Gasteiger partial charge < -0.3 is 10.0 Å². The fourth-order valence-electron chi connectivity index (χ4n) is 2.05. The summed E-state index contributed by atoms with van der Waals surface area (Å²) in [5, 5.41) is 8.95. The molecular formula is C15H17NO2S. The first-order valence-electron chi connectivity index (χ1n) is 6.24. The molecule has 0 saturated heterocycles. The van der Waals surface area contributed by atoms with E-state index in [0.29, 0.717) is 4.88 Å². The second-order valence-electron chi connectivity index (χ2n) is 4.37. The summed E-state index contributed by atoms with van der Waals surface area (Å²) in [6.45, 7) is 5.84. The van der Waals surface area contributed by atoms with E-state index in [-0.39, 0.29) is 0 Å². The maximum Gasteiger partial charge on any atom is 0.345 e. The zero-order chi connectivity index (χ0) is 13.8. The maximum atomic E-state index is 10.9. The highest BCUT2D eigenvalue weighted by Gasteiger charge is 2.11. The van der Waals surface area contributed by atoms with Gasteiger partial charge in [0.05, 0.1) is 6.54 Å². The number of carboxylic acids is 1. The molecule has 0 fully saturated rings. The molecule has 1 aromatic heterocycles. The monoisotopic (exact) mass is 275 g/mol. The van der Waals surface area contributed by atoms with E-state index in [1.165, 1.54) is 22.6 Å². The van der Waals surface area contributed by atoms with Crippen LogP contribution in [0.3, 0.4) is 0 Å². The summed E-state index contributed by atoms with van der Waals surface area (Å²) in [6, 6.07) is 11.8. The minimum absolute atomic E-state index is 0.399. The van der Waals surface area contributed by atoms with Crippen molar-refractivity contribution in [1.29, 1.82) is 0 Å². The first kappa shape index (κ1) is 13.6. The number of anilines is 1. The molecule has 0 radical (unpaired) electrons. The van der Waals surface area contributed by atoms with Gasteiger partial charge in [0.1, 0.15) is 4.88 Å². The van der Waals surface area contributed by atoms with Crippen LogP contribution in [0.4, 0.5) is 5.69 Å². The van der Waals surface area contributed by atoms with Crippen LogP contribution in [-0.2, 0) is 6.54 Å². The summed E-state index contributed by atoms with van der Waals surface area (Å²) in [4.78, 5) is 14.6. The topological polar surface area (TPSA) is 40.5 Å². The predicted octanol–water partition coefficient (Wildman–Crippen LogP) is 3.78. The molecule has 0 aliphatic heterocycles. The van der Waals surface area contributed by atoms with Crippen LogP contribution in [0.2, 0.25) is 0 Å². The number of benzene rings is 1. The Bertz CT molecular complexity index is 577. The maximum absolute atomic E-state index is 10.9. The fourth-order valence-corrected chi connectivity index (χ4v) is 2.91. The third-order valence-electron chi connectivity index (χ3n) is 3.06. The number of carboxylic acid groups (broad SMARTS) is 1. The normalized spacial score (nSPS) is 10.4. The number of aryl methyl sites for hydroxylation is 1. The van der Waals surface area contributed by atoms with Crippen LogP contribution < -0.4 is 4.90 Å². The molecule has 2 aromatic rings. The number of aromatic carboxylic acids is 1. The third-order valence-corrected chi connectivity index (χ3v) is 4.11. The van der Waals surface area contributed by atoms with Gasteiger partial charge in [-0.1, -0.05) is 18.2 Å². The molecular weight excluding hydrogens is 258 g/mol. The Morgan fingerprint density at radius 3 is 2.58 bits per heavy atom. The lowest BCUT2D eigenvalue weighted by molar-refractivity contribution is 0.0702. The number of hydrogen-bond acceptors (Lipinski definition) is 3. The Hall–Kier alpha value is -1.81. The van der Waals surface area contributed by atoms with Crippen molar-refractivity contribution in [2.45, 2.75) is 20.4 Å². The highest BCUT2D eigenvalue weighted by molar-refractivity contribution is 7.13. The quantitative estimate of drug-likeness (QED) is 0.902. The number of nitrogens with zero attached hydrogens (tertiary/aromatic N) is 1. The standard InChI is InChI=1S/C15H17NO2S/c1-3-16(13-7-5-4-6-11(13)2)10-12-8-9-14(19-12)15(17)18/h4-9H,3,10H2,1-2H3,(H,17,18). The van der Waals surface area contributed by atoms with Gasteiger partial charge in [-0.05, 0) is 37.6 Å². The van der Waals surface area contributed by atoms with Crippen molar-refractivity contribution >= 4 is 23.0 Å². The molecule has 19 heavy (non-hydrogen) atoms. The Morgan fingerprint density at radius 2 is 2.00 bits per heavy atom. The molecule has 0 saturated carbocycles. The zero-order valence-corrected chi connectivity index (χ0v) is 11.9. The van der Waals surface area contributed by atoms with E-state index < -0.39 is 5.97 Å². The van der Waals surface area contributed by atoms with Gasteiger partial charge in [-0.3, -0.25) is 0 Å². The van der Waals surface area contributed by atoms with Crippen LogP contribution in [0.5, 0.6) is 0 Å². The van der Waals surface area contributed by atoms with E-state index in [1.807, 2.05) is 18.2 Å². The lowest BCUT2D eigenvalue weighted by atomic mass is 10.2. The Labute approximate surface area is 117 Å². The number of carbonyl (C=O) groups is 1. The summed E-state index contributed by atoms with van der Waals surface area (Å²) in [6.07, 6.45) is 0. The van der Waals surface area contributed by atoms with Crippen LogP contribution in [0.15, 0.2) is 36.4 Å². The first-order chi connectivity index (χ1) is 9.11. The molecule has 4 heteroatoms. The zero-order valence-electron chi connectivity index (χ0n) is 11.1. The van der Waals surface area contributed by atoms with Crippen molar-refractivity contribution in [2.75, 3.05) is 11.4 Å². The highest BCUT2D eigenvalue weighted by atomic mass is 32.1. The fraction of sp³-hybridized carbons (Fsp3) is 0.267. The molecule has 1 N–H and O–H groups in total. The molecule has 0 spiro atoms. The number of para-hydroxylation sites is 1. The number of rotatable bonds is 5. The molecule has 0 aliphatic carbocycles. The van der Waals surface area contributed by atoms with Crippen LogP contribution >= 0.6 is 11.3 Å². The first-order valence-corrected chi connectivity index (χ1v) is 7.06. The van der Waals surface area contributed by atoms with Crippen molar-refractivity contribution < 1.29 is 9.90 Å². The van der Waals surface area contributed by atoms with Crippen LogP contribution in [-0.4, -0.2) is 17.6 Å². The molecule has 1 heterocycles. The molecule has 0 atom stereocenters. The minimum atomic E-state index is -0.852. The lowest BCUT2D eigenvalue weighted by Gasteiger charge is -2.24. The summed E-state index contributed by atoms with van der Waals surface area (Å²) >= 11 is 1.34.